The van der Waals surface area contributed by atoms with Gasteiger partial charge < -0.3 is 20.9 Å². The highest BCUT2D eigenvalue weighted by atomic mass is 16.5. The summed E-state index contributed by atoms with van der Waals surface area (Å²) in [5.41, 5.74) is 11.1. The molecule has 0 aliphatic heterocycles. The average Bonchev–Trinajstić information content (AvgIpc) is 2.44. The monoisotopic (exact) mass is 292 g/mol. The minimum Gasteiger partial charge on any atom is -0.494 e. The highest BCUT2D eigenvalue weighted by Crippen LogP contribution is 2.12. The van der Waals surface area contributed by atoms with Gasteiger partial charge in [-0.3, -0.25) is 4.79 Å². The lowest BCUT2D eigenvalue weighted by Crippen LogP contribution is -2.21. The predicted molar refractivity (Wildman–Crippen MR) is 81.2 cm³/mol. The van der Waals surface area contributed by atoms with Gasteiger partial charge in [-0.05, 0) is 31.0 Å². The number of hydrogen-bond donors (Lipinski definition) is 2. The molecule has 4 N–H and O–H groups in total. The Bertz CT molecular complexity index is 511. The van der Waals surface area contributed by atoms with E-state index in [1.165, 1.54) is 6.21 Å². The largest absolute Gasteiger partial charge is 0.494 e. The average molecular weight is 292 g/mol. The SMILES string of the molecule is CCOC(=O)CCCOc1cccc(C=NN=C(N)N)c1. The van der Waals surface area contributed by atoms with E-state index in [4.69, 9.17) is 20.9 Å². The highest BCUT2D eigenvalue weighted by molar-refractivity contribution is 5.82. The van der Waals surface area contributed by atoms with Crippen LogP contribution in [0, 0.1) is 0 Å². The molecule has 0 heterocycles. The van der Waals surface area contributed by atoms with Crippen molar-refractivity contribution in [1.29, 1.82) is 0 Å². The van der Waals surface area contributed by atoms with Crippen molar-refractivity contribution in [3.8, 4) is 5.75 Å². The van der Waals surface area contributed by atoms with Crippen LogP contribution in [0.3, 0.4) is 0 Å². The maximum Gasteiger partial charge on any atom is 0.305 e. The lowest BCUT2D eigenvalue weighted by atomic mass is 10.2. The molecule has 0 saturated carbocycles. The van der Waals surface area contributed by atoms with Crippen LogP contribution in [0.25, 0.3) is 0 Å². The van der Waals surface area contributed by atoms with Gasteiger partial charge in [0.1, 0.15) is 5.75 Å². The van der Waals surface area contributed by atoms with Crippen LogP contribution in [0.4, 0.5) is 0 Å². The van der Waals surface area contributed by atoms with Gasteiger partial charge in [-0.2, -0.15) is 5.10 Å². The molecule has 7 heteroatoms. The summed E-state index contributed by atoms with van der Waals surface area (Å²) in [6, 6.07) is 7.30. The van der Waals surface area contributed by atoms with Crippen LogP contribution >= 0.6 is 0 Å². The molecule has 0 bridgehead atoms. The second kappa shape index (κ2) is 9.35. The molecule has 0 aliphatic rings. The number of carbonyl (C=O) groups is 1. The van der Waals surface area contributed by atoms with Gasteiger partial charge in [0.05, 0.1) is 19.4 Å². The predicted octanol–water partition coefficient (Wildman–Crippen LogP) is 1.02. The van der Waals surface area contributed by atoms with Crippen LogP contribution in [-0.2, 0) is 9.53 Å². The molecule has 7 nitrogen and oxygen atoms in total. The van der Waals surface area contributed by atoms with Crippen LogP contribution in [0.2, 0.25) is 0 Å². The molecule has 0 amide bonds. The van der Waals surface area contributed by atoms with Crippen molar-refractivity contribution in [2.45, 2.75) is 19.8 Å². The first kappa shape index (κ1) is 16.5. The van der Waals surface area contributed by atoms with Crippen molar-refractivity contribution in [3.05, 3.63) is 29.8 Å². The van der Waals surface area contributed by atoms with E-state index in [0.717, 1.165) is 5.56 Å². The summed E-state index contributed by atoms with van der Waals surface area (Å²) in [6.07, 6.45) is 2.47. The number of ether oxygens (including phenoxy) is 2. The number of nitrogens with two attached hydrogens (primary N) is 2. The summed E-state index contributed by atoms with van der Waals surface area (Å²) in [7, 11) is 0. The lowest BCUT2D eigenvalue weighted by molar-refractivity contribution is -0.143. The summed E-state index contributed by atoms with van der Waals surface area (Å²) < 4.78 is 10.4. The number of rotatable bonds is 8. The first-order valence-electron chi connectivity index (χ1n) is 6.62. The second-order valence-corrected chi connectivity index (χ2v) is 4.10. The van der Waals surface area contributed by atoms with Gasteiger partial charge in [-0.1, -0.05) is 12.1 Å². The topological polar surface area (TPSA) is 112 Å². The van der Waals surface area contributed by atoms with Gasteiger partial charge >= 0.3 is 5.97 Å². The smallest absolute Gasteiger partial charge is 0.305 e. The van der Waals surface area contributed by atoms with Gasteiger partial charge in [0.25, 0.3) is 0 Å². The molecule has 0 atom stereocenters. The molecule has 21 heavy (non-hydrogen) atoms. The normalized spacial score (nSPS) is 10.3. The van der Waals surface area contributed by atoms with E-state index >= 15 is 0 Å². The summed E-state index contributed by atoms with van der Waals surface area (Å²) in [6.45, 7) is 2.62. The van der Waals surface area contributed by atoms with Crippen molar-refractivity contribution in [1.82, 2.24) is 0 Å². The Balaban J connectivity index is 2.41. The fourth-order valence-electron chi connectivity index (χ4n) is 1.49. The molecular weight excluding hydrogens is 272 g/mol. The molecule has 1 aromatic rings. The Labute approximate surface area is 123 Å². The highest BCUT2D eigenvalue weighted by Gasteiger charge is 2.01. The molecule has 0 aromatic heterocycles. The van der Waals surface area contributed by atoms with Crippen LogP contribution < -0.4 is 16.2 Å². The molecular formula is C14H20N4O3. The van der Waals surface area contributed by atoms with Crippen molar-refractivity contribution in [2.75, 3.05) is 13.2 Å². The Morgan fingerprint density at radius 2 is 2.19 bits per heavy atom. The maximum atomic E-state index is 11.2. The zero-order valence-electron chi connectivity index (χ0n) is 12.0. The van der Waals surface area contributed by atoms with E-state index in [0.29, 0.717) is 31.8 Å². The number of nitrogens with zero attached hydrogens (tertiary/aromatic N) is 2. The lowest BCUT2D eigenvalue weighted by Gasteiger charge is -2.06. The molecule has 0 unspecified atom stereocenters. The van der Waals surface area contributed by atoms with E-state index in [-0.39, 0.29) is 11.9 Å². The standard InChI is InChI=1S/C14H20N4O3/c1-2-20-13(19)7-4-8-21-12-6-3-5-11(9-12)10-17-18-14(15)16/h3,5-6,9-10H,2,4,7-8H2,1H3,(H4,15,16,18). The van der Waals surface area contributed by atoms with E-state index in [1.54, 1.807) is 13.0 Å². The fraction of sp³-hybridized carbons (Fsp3) is 0.357. The Morgan fingerprint density at radius 1 is 1.38 bits per heavy atom. The molecule has 0 spiro atoms. The molecule has 0 fully saturated rings. The molecule has 1 rings (SSSR count). The maximum absolute atomic E-state index is 11.2. The van der Waals surface area contributed by atoms with Gasteiger partial charge in [0.15, 0.2) is 0 Å². The van der Waals surface area contributed by atoms with Crippen LogP contribution in [-0.4, -0.2) is 31.4 Å². The Hall–Kier alpha value is -2.57. The number of guanidine groups is 1. The van der Waals surface area contributed by atoms with Crippen molar-refractivity contribution >= 4 is 18.1 Å². The van der Waals surface area contributed by atoms with Crippen molar-refractivity contribution in [3.63, 3.8) is 0 Å². The zero-order valence-corrected chi connectivity index (χ0v) is 12.0. The van der Waals surface area contributed by atoms with Crippen LogP contribution in [0.5, 0.6) is 5.75 Å². The van der Waals surface area contributed by atoms with E-state index < -0.39 is 0 Å². The van der Waals surface area contributed by atoms with Gasteiger partial charge in [0, 0.05) is 6.42 Å². The third-order valence-corrected chi connectivity index (χ3v) is 2.34. The van der Waals surface area contributed by atoms with E-state index in [9.17, 15) is 4.79 Å². The van der Waals surface area contributed by atoms with Crippen LogP contribution in [0.15, 0.2) is 34.5 Å². The van der Waals surface area contributed by atoms with Gasteiger partial charge in [-0.25, -0.2) is 0 Å². The molecule has 1 aromatic carbocycles. The van der Waals surface area contributed by atoms with Gasteiger partial charge in [-0.15, -0.1) is 5.10 Å². The zero-order chi connectivity index (χ0) is 15.5. The number of hydrogen-bond acceptors (Lipinski definition) is 5. The first-order chi connectivity index (χ1) is 10.1. The van der Waals surface area contributed by atoms with Crippen molar-refractivity contribution < 1.29 is 14.3 Å². The fourth-order valence-corrected chi connectivity index (χ4v) is 1.49. The quantitative estimate of drug-likeness (QED) is 0.244. The number of carbonyl (C=O) groups excluding carboxylic acids is 1. The number of benzene rings is 1. The summed E-state index contributed by atoms with van der Waals surface area (Å²) in [4.78, 5) is 11.2. The minimum atomic E-state index is -0.209. The minimum absolute atomic E-state index is 0.0994. The van der Waals surface area contributed by atoms with Gasteiger partial charge in [0.2, 0.25) is 5.96 Å². The number of esters is 1. The molecule has 0 saturated heterocycles. The van der Waals surface area contributed by atoms with Crippen LogP contribution in [0.1, 0.15) is 25.3 Å². The third kappa shape index (κ3) is 7.56. The van der Waals surface area contributed by atoms with E-state index in [2.05, 4.69) is 10.2 Å². The van der Waals surface area contributed by atoms with Crippen molar-refractivity contribution in [2.24, 2.45) is 21.7 Å². The summed E-state index contributed by atoms with van der Waals surface area (Å²) in [5, 5.41) is 7.23. The Morgan fingerprint density at radius 3 is 2.90 bits per heavy atom. The second-order valence-electron chi connectivity index (χ2n) is 4.10. The summed E-state index contributed by atoms with van der Waals surface area (Å²) in [5.74, 6) is 0.379. The third-order valence-electron chi connectivity index (χ3n) is 2.34. The molecule has 0 radical (unpaired) electrons. The molecule has 0 aliphatic carbocycles. The first-order valence-corrected chi connectivity index (χ1v) is 6.62. The van der Waals surface area contributed by atoms with E-state index in [1.807, 2.05) is 18.2 Å². The Kier molecular flexibility index (Phi) is 7.34. The summed E-state index contributed by atoms with van der Waals surface area (Å²) >= 11 is 0. The molecule has 114 valence electrons.